The SMILES string of the molecule is CN(C(=O)c1ccc(NC(=O)CCCn2c(=O)oc3cc([N+](=O)[O-])ccc32)cc1)C1CCCCC1. The van der Waals surface area contributed by atoms with Gasteiger partial charge in [-0.25, -0.2) is 4.79 Å². The minimum absolute atomic E-state index is 0.0158. The number of aryl methyl sites for hydroxylation is 1. The molecule has 0 aliphatic heterocycles. The Hall–Kier alpha value is -3.95. The summed E-state index contributed by atoms with van der Waals surface area (Å²) in [5.74, 6) is -0.864. The largest absolute Gasteiger partial charge is 0.419 e. The van der Waals surface area contributed by atoms with Crippen LogP contribution in [0.5, 0.6) is 0 Å². The third-order valence-electron chi connectivity index (χ3n) is 6.51. The molecule has 2 amide bonds. The first-order chi connectivity index (χ1) is 16.8. The molecule has 35 heavy (non-hydrogen) atoms. The highest BCUT2D eigenvalue weighted by Crippen LogP contribution is 2.23. The van der Waals surface area contributed by atoms with Crippen molar-refractivity contribution in [1.29, 1.82) is 0 Å². The number of aromatic nitrogens is 1. The monoisotopic (exact) mass is 480 g/mol. The fraction of sp³-hybridized carbons (Fsp3) is 0.400. The lowest BCUT2D eigenvalue weighted by Gasteiger charge is -2.31. The topological polar surface area (TPSA) is 128 Å². The van der Waals surface area contributed by atoms with Crippen LogP contribution in [0.25, 0.3) is 11.1 Å². The van der Waals surface area contributed by atoms with Gasteiger partial charge in [-0.1, -0.05) is 19.3 Å². The van der Waals surface area contributed by atoms with E-state index >= 15 is 0 Å². The lowest BCUT2D eigenvalue weighted by atomic mass is 9.94. The fourth-order valence-electron chi connectivity index (χ4n) is 4.54. The Bertz CT molecular complexity index is 1290. The van der Waals surface area contributed by atoms with Gasteiger partial charge >= 0.3 is 5.76 Å². The number of oxazole rings is 1. The van der Waals surface area contributed by atoms with Crippen molar-refractivity contribution in [3.63, 3.8) is 0 Å². The minimum atomic E-state index is -0.626. The number of hydrogen-bond acceptors (Lipinski definition) is 6. The summed E-state index contributed by atoms with van der Waals surface area (Å²) in [6.07, 6.45) is 6.15. The zero-order valence-corrected chi connectivity index (χ0v) is 19.6. The summed E-state index contributed by atoms with van der Waals surface area (Å²) >= 11 is 0. The molecule has 0 unspecified atom stereocenters. The van der Waals surface area contributed by atoms with Crippen molar-refractivity contribution in [2.45, 2.75) is 57.5 Å². The lowest BCUT2D eigenvalue weighted by Crippen LogP contribution is -2.38. The number of nitrogens with one attached hydrogen (secondary N) is 1. The van der Waals surface area contributed by atoms with Gasteiger partial charge in [0, 0.05) is 43.4 Å². The third kappa shape index (κ3) is 5.59. The number of carbonyl (C=O) groups excluding carboxylic acids is 2. The van der Waals surface area contributed by atoms with Crippen molar-refractivity contribution >= 4 is 34.3 Å². The van der Waals surface area contributed by atoms with Crippen LogP contribution in [-0.2, 0) is 11.3 Å². The van der Waals surface area contributed by atoms with Crippen LogP contribution in [0.1, 0.15) is 55.3 Å². The number of amides is 2. The second-order valence-electron chi connectivity index (χ2n) is 8.87. The first-order valence-corrected chi connectivity index (χ1v) is 11.8. The molecule has 1 saturated carbocycles. The zero-order chi connectivity index (χ0) is 24.9. The van der Waals surface area contributed by atoms with Gasteiger partial charge in [-0.2, -0.15) is 0 Å². The first-order valence-electron chi connectivity index (χ1n) is 11.8. The summed E-state index contributed by atoms with van der Waals surface area (Å²) in [4.78, 5) is 49.4. The molecule has 0 spiro atoms. The van der Waals surface area contributed by atoms with Crippen molar-refractivity contribution in [2.24, 2.45) is 0 Å². The molecule has 2 aromatic carbocycles. The molecule has 0 atom stereocenters. The molecule has 0 radical (unpaired) electrons. The van der Waals surface area contributed by atoms with E-state index < -0.39 is 10.7 Å². The van der Waals surface area contributed by atoms with Crippen molar-refractivity contribution in [1.82, 2.24) is 9.47 Å². The number of anilines is 1. The van der Waals surface area contributed by atoms with Gasteiger partial charge in [-0.15, -0.1) is 0 Å². The molecule has 4 rings (SSSR count). The normalized spacial score (nSPS) is 14.1. The second-order valence-corrected chi connectivity index (χ2v) is 8.87. The Kier molecular flexibility index (Phi) is 7.28. The van der Waals surface area contributed by atoms with E-state index in [2.05, 4.69) is 5.32 Å². The molecule has 0 bridgehead atoms. The first kappa shape index (κ1) is 24.2. The number of non-ortho nitro benzene ring substituents is 1. The number of rotatable bonds is 8. The van der Waals surface area contributed by atoms with Crippen molar-refractivity contribution in [3.05, 3.63) is 68.7 Å². The molecule has 0 saturated heterocycles. The van der Waals surface area contributed by atoms with Crippen LogP contribution in [0.15, 0.2) is 51.7 Å². The predicted molar refractivity (Wildman–Crippen MR) is 130 cm³/mol. The predicted octanol–water partition coefficient (Wildman–Crippen LogP) is 4.33. The molecular weight excluding hydrogens is 452 g/mol. The summed E-state index contributed by atoms with van der Waals surface area (Å²) in [5, 5.41) is 13.7. The van der Waals surface area contributed by atoms with Crippen LogP contribution in [0.2, 0.25) is 0 Å². The van der Waals surface area contributed by atoms with Crippen LogP contribution in [-0.4, -0.2) is 39.3 Å². The van der Waals surface area contributed by atoms with E-state index in [1.807, 2.05) is 11.9 Å². The Morgan fingerprint density at radius 2 is 1.86 bits per heavy atom. The molecule has 1 aliphatic rings. The molecule has 1 fully saturated rings. The smallest absolute Gasteiger partial charge is 0.407 e. The Morgan fingerprint density at radius 1 is 1.14 bits per heavy atom. The van der Waals surface area contributed by atoms with Gasteiger partial charge in [0.05, 0.1) is 16.5 Å². The number of nitro benzene ring substituents is 1. The van der Waals surface area contributed by atoms with Crippen LogP contribution in [0.3, 0.4) is 0 Å². The van der Waals surface area contributed by atoms with E-state index in [0.717, 1.165) is 25.7 Å². The second kappa shape index (κ2) is 10.5. The van der Waals surface area contributed by atoms with Crippen molar-refractivity contribution in [2.75, 3.05) is 12.4 Å². The molecule has 3 aromatic rings. The summed E-state index contributed by atoms with van der Waals surface area (Å²) < 4.78 is 6.46. The van der Waals surface area contributed by atoms with Gasteiger partial charge < -0.3 is 14.6 Å². The van der Waals surface area contributed by atoms with Gasteiger partial charge in [0.25, 0.3) is 11.6 Å². The molecule has 10 nitrogen and oxygen atoms in total. The molecule has 1 heterocycles. The summed E-state index contributed by atoms with van der Waals surface area (Å²) in [6, 6.07) is 11.1. The van der Waals surface area contributed by atoms with E-state index in [4.69, 9.17) is 4.42 Å². The van der Waals surface area contributed by atoms with Gasteiger partial charge in [0.2, 0.25) is 5.91 Å². The van der Waals surface area contributed by atoms with Gasteiger partial charge in [-0.3, -0.25) is 24.3 Å². The van der Waals surface area contributed by atoms with E-state index in [9.17, 15) is 24.5 Å². The summed E-state index contributed by atoms with van der Waals surface area (Å²) in [5.41, 5.74) is 1.59. The van der Waals surface area contributed by atoms with Crippen molar-refractivity contribution < 1.29 is 18.9 Å². The third-order valence-corrected chi connectivity index (χ3v) is 6.51. The van der Waals surface area contributed by atoms with Crippen LogP contribution >= 0.6 is 0 Å². The number of fused-ring (bicyclic) bond motifs is 1. The number of carbonyl (C=O) groups is 2. The highest BCUT2D eigenvalue weighted by molar-refractivity contribution is 5.95. The molecule has 184 valence electrons. The number of hydrogen-bond donors (Lipinski definition) is 1. The lowest BCUT2D eigenvalue weighted by molar-refractivity contribution is -0.384. The Balaban J connectivity index is 1.30. The molecule has 1 N–H and O–H groups in total. The maximum Gasteiger partial charge on any atom is 0.419 e. The Morgan fingerprint density at radius 3 is 2.54 bits per heavy atom. The van der Waals surface area contributed by atoms with Crippen LogP contribution in [0, 0.1) is 10.1 Å². The summed E-state index contributed by atoms with van der Waals surface area (Å²) in [6.45, 7) is 0.234. The minimum Gasteiger partial charge on any atom is -0.407 e. The van der Waals surface area contributed by atoms with E-state index in [1.54, 1.807) is 24.3 Å². The zero-order valence-electron chi connectivity index (χ0n) is 19.6. The maximum atomic E-state index is 12.8. The molecule has 10 heteroatoms. The van der Waals surface area contributed by atoms with E-state index in [1.165, 1.54) is 29.2 Å². The molecule has 1 aromatic heterocycles. The van der Waals surface area contributed by atoms with Crippen molar-refractivity contribution in [3.8, 4) is 0 Å². The Labute approximate surface area is 201 Å². The quantitative estimate of drug-likeness (QED) is 0.378. The maximum absolute atomic E-state index is 12.8. The van der Waals surface area contributed by atoms with Gasteiger partial charge in [0.15, 0.2) is 5.58 Å². The highest BCUT2D eigenvalue weighted by atomic mass is 16.6. The number of benzene rings is 2. The van der Waals surface area contributed by atoms with Gasteiger partial charge in [0.1, 0.15) is 0 Å². The highest BCUT2D eigenvalue weighted by Gasteiger charge is 2.23. The fourth-order valence-corrected chi connectivity index (χ4v) is 4.54. The average molecular weight is 481 g/mol. The number of nitro groups is 1. The molecular formula is C25H28N4O6. The van der Waals surface area contributed by atoms with Gasteiger partial charge in [-0.05, 0) is 49.6 Å². The number of nitrogens with zero attached hydrogens (tertiary/aromatic N) is 3. The standard InChI is InChI=1S/C25H28N4O6/c1-27(19-6-3-2-4-7-19)24(31)17-9-11-18(12-10-17)26-23(30)8-5-15-28-21-14-13-20(29(33)34)16-22(21)35-25(28)32/h9-14,16,19H,2-8,15H2,1H3,(H,26,30). The van der Waals surface area contributed by atoms with E-state index in [-0.39, 0.29) is 42.1 Å². The van der Waals surface area contributed by atoms with Crippen LogP contribution < -0.4 is 11.1 Å². The van der Waals surface area contributed by atoms with Crippen LogP contribution in [0.4, 0.5) is 11.4 Å². The summed E-state index contributed by atoms with van der Waals surface area (Å²) in [7, 11) is 1.85. The molecule has 1 aliphatic carbocycles. The average Bonchev–Trinajstić information content (AvgIpc) is 3.18. The van der Waals surface area contributed by atoms with E-state index in [0.29, 0.717) is 23.2 Å².